The molecule has 8 nitrogen and oxygen atoms in total. The molecule has 0 bridgehead atoms. The zero-order chi connectivity index (χ0) is 16.7. The molecule has 0 radical (unpaired) electrons. The van der Waals surface area contributed by atoms with Crippen molar-refractivity contribution in [2.24, 2.45) is 0 Å². The Balaban J connectivity index is 1.81. The second kappa shape index (κ2) is 8.29. The highest BCUT2D eigenvalue weighted by Gasteiger charge is 2.22. The molecule has 1 amide bonds. The molecule has 23 heavy (non-hydrogen) atoms. The molecule has 0 aliphatic carbocycles. The van der Waals surface area contributed by atoms with Crippen LogP contribution in [0.3, 0.4) is 0 Å². The average molecular weight is 318 g/mol. The van der Waals surface area contributed by atoms with Gasteiger partial charge in [0.15, 0.2) is 0 Å². The van der Waals surface area contributed by atoms with Gasteiger partial charge >= 0.3 is 0 Å². The van der Waals surface area contributed by atoms with Crippen LogP contribution in [0.25, 0.3) is 0 Å². The third kappa shape index (κ3) is 4.79. The third-order valence-electron chi connectivity index (χ3n) is 3.83. The zero-order valence-corrected chi connectivity index (χ0v) is 13.6. The number of amides is 1. The van der Waals surface area contributed by atoms with E-state index in [9.17, 15) is 4.79 Å². The Morgan fingerprint density at radius 1 is 1.43 bits per heavy atom. The Hall–Kier alpha value is -2.40. The molecule has 0 aromatic carbocycles. The summed E-state index contributed by atoms with van der Waals surface area (Å²) in [6, 6.07) is 3.77. The summed E-state index contributed by atoms with van der Waals surface area (Å²) in [5, 5.41) is 8.57. The lowest BCUT2D eigenvalue weighted by Gasteiger charge is -2.34. The predicted octanol–water partition coefficient (Wildman–Crippen LogP) is -0.0207. The van der Waals surface area contributed by atoms with Crippen LogP contribution in [0.15, 0.2) is 12.3 Å². The number of methoxy groups -OCH3 is 1. The Morgan fingerprint density at radius 3 is 2.83 bits per heavy atom. The quantitative estimate of drug-likeness (QED) is 0.728. The maximum atomic E-state index is 12.1. The van der Waals surface area contributed by atoms with Crippen molar-refractivity contribution in [2.45, 2.75) is 6.42 Å². The summed E-state index contributed by atoms with van der Waals surface area (Å²) in [7, 11) is 3.32. The highest BCUT2D eigenvalue weighted by molar-refractivity contribution is 5.78. The van der Waals surface area contributed by atoms with Crippen molar-refractivity contribution < 1.29 is 9.53 Å². The van der Waals surface area contributed by atoms with E-state index in [1.54, 1.807) is 31.3 Å². The van der Waals surface area contributed by atoms with Gasteiger partial charge in [0.2, 0.25) is 17.7 Å². The van der Waals surface area contributed by atoms with Crippen molar-refractivity contribution in [3.05, 3.63) is 12.3 Å². The summed E-state index contributed by atoms with van der Waals surface area (Å²) >= 11 is 0. The number of nitrogens with zero attached hydrogens (tertiary/aromatic N) is 6. The molecule has 124 valence electrons. The lowest BCUT2D eigenvalue weighted by atomic mass is 10.3. The zero-order valence-electron chi connectivity index (χ0n) is 13.6. The molecule has 0 unspecified atom stereocenters. The molecular weight excluding hydrogens is 296 g/mol. The number of aromatic nitrogens is 2. The van der Waals surface area contributed by atoms with Crippen molar-refractivity contribution >= 4 is 11.9 Å². The van der Waals surface area contributed by atoms with E-state index in [2.05, 4.69) is 25.8 Å². The first-order valence-corrected chi connectivity index (χ1v) is 7.59. The number of hydrogen-bond acceptors (Lipinski definition) is 7. The molecule has 2 rings (SSSR count). The third-order valence-corrected chi connectivity index (χ3v) is 3.83. The molecule has 2 heterocycles. The Bertz CT molecular complexity index is 565. The number of carbonyl (C=O) groups excluding carboxylic acids is 1. The van der Waals surface area contributed by atoms with Gasteiger partial charge in [0.25, 0.3) is 0 Å². The fourth-order valence-corrected chi connectivity index (χ4v) is 2.36. The molecule has 1 aromatic rings. The minimum absolute atomic E-state index is 0.0475. The second-order valence-electron chi connectivity index (χ2n) is 5.39. The van der Waals surface area contributed by atoms with Gasteiger partial charge in [0, 0.05) is 52.0 Å². The average Bonchev–Trinajstić information content (AvgIpc) is 2.60. The molecule has 0 saturated carbocycles. The van der Waals surface area contributed by atoms with Gasteiger partial charge in [-0.15, -0.1) is 0 Å². The fraction of sp³-hybridized carbons (Fsp3) is 0.600. The molecule has 8 heteroatoms. The first-order valence-electron chi connectivity index (χ1n) is 7.59. The number of nitriles is 1. The number of carbonyl (C=O) groups is 1. The summed E-state index contributed by atoms with van der Waals surface area (Å²) in [4.78, 5) is 26.5. The maximum absolute atomic E-state index is 12.1. The van der Waals surface area contributed by atoms with Crippen LogP contribution in [0, 0.1) is 11.3 Å². The topological polar surface area (TPSA) is 85.6 Å². The molecule has 0 spiro atoms. The normalized spacial score (nSPS) is 15.1. The second-order valence-corrected chi connectivity index (χ2v) is 5.39. The van der Waals surface area contributed by atoms with Gasteiger partial charge in [-0.1, -0.05) is 0 Å². The number of anilines is 1. The highest BCUT2D eigenvalue weighted by atomic mass is 16.5. The van der Waals surface area contributed by atoms with E-state index in [0.29, 0.717) is 31.3 Å². The summed E-state index contributed by atoms with van der Waals surface area (Å²) in [6.45, 7) is 3.95. The number of rotatable bonds is 6. The first-order chi connectivity index (χ1) is 11.1. The van der Waals surface area contributed by atoms with Gasteiger partial charge in [-0.2, -0.15) is 10.2 Å². The molecule has 1 saturated heterocycles. The largest absolute Gasteiger partial charge is 0.481 e. The molecule has 1 fully saturated rings. The van der Waals surface area contributed by atoms with Crippen molar-refractivity contribution in [3.63, 3.8) is 0 Å². The molecule has 1 aliphatic heterocycles. The van der Waals surface area contributed by atoms with Crippen LogP contribution in [0.5, 0.6) is 5.88 Å². The van der Waals surface area contributed by atoms with E-state index < -0.39 is 0 Å². The SMILES string of the molecule is COc1ccnc(N2CCN(CC(=O)N(C)CCC#N)CC2)n1. The summed E-state index contributed by atoms with van der Waals surface area (Å²) in [5.41, 5.74) is 0. The molecule has 1 aliphatic rings. The predicted molar refractivity (Wildman–Crippen MR) is 85.1 cm³/mol. The van der Waals surface area contributed by atoms with E-state index in [1.807, 2.05) is 0 Å². The van der Waals surface area contributed by atoms with Crippen LogP contribution in [0.4, 0.5) is 5.95 Å². The molecule has 1 aromatic heterocycles. The van der Waals surface area contributed by atoms with Gasteiger partial charge in [-0.05, 0) is 0 Å². The van der Waals surface area contributed by atoms with Gasteiger partial charge < -0.3 is 14.5 Å². The van der Waals surface area contributed by atoms with Crippen LogP contribution in [0.1, 0.15) is 6.42 Å². The Labute approximate surface area is 136 Å². The van der Waals surface area contributed by atoms with Gasteiger partial charge in [0.1, 0.15) is 0 Å². The van der Waals surface area contributed by atoms with E-state index in [4.69, 9.17) is 10.00 Å². The van der Waals surface area contributed by atoms with Crippen LogP contribution >= 0.6 is 0 Å². The van der Waals surface area contributed by atoms with E-state index >= 15 is 0 Å². The van der Waals surface area contributed by atoms with Crippen molar-refractivity contribution in [1.29, 1.82) is 5.26 Å². The summed E-state index contributed by atoms with van der Waals surface area (Å²) in [6.07, 6.45) is 2.05. The Kier molecular flexibility index (Phi) is 6.11. The minimum Gasteiger partial charge on any atom is -0.481 e. The maximum Gasteiger partial charge on any atom is 0.236 e. The fourth-order valence-electron chi connectivity index (χ4n) is 2.36. The molecular formula is C15H22N6O2. The van der Waals surface area contributed by atoms with Crippen LogP contribution in [0.2, 0.25) is 0 Å². The van der Waals surface area contributed by atoms with Crippen LogP contribution < -0.4 is 9.64 Å². The smallest absolute Gasteiger partial charge is 0.236 e. The number of ether oxygens (including phenoxy) is 1. The molecule has 0 atom stereocenters. The van der Waals surface area contributed by atoms with E-state index in [-0.39, 0.29) is 5.91 Å². The number of likely N-dealkylation sites (N-methyl/N-ethyl adjacent to an activating group) is 1. The lowest BCUT2D eigenvalue weighted by molar-refractivity contribution is -0.131. The van der Waals surface area contributed by atoms with Gasteiger partial charge in [-0.25, -0.2) is 4.98 Å². The van der Waals surface area contributed by atoms with Gasteiger partial charge in [-0.3, -0.25) is 9.69 Å². The minimum atomic E-state index is 0.0475. The van der Waals surface area contributed by atoms with Crippen LogP contribution in [-0.2, 0) is 4.79 Å². The number of hydrogen-bond donors (Lipinski definition) is 0. The van der Waals surface area contributed by atoms with Gasteiger partial charge in [0.05, 0.1) is 26.1 Å². The number of piperazine rings is 1. The first kappa shape index (κ1) is 17.0. The standard InChI is InChI=1S/C15H22N6O2/c1-19(7-3-5-16)14(22)12-20-8-10-21(11-9-20)15-17-6-4-13(18-15)23-2/h4,6H,3,7-12H2,1-2H3. The van der Waals surface area contributed by atoms with Crippen LogP contribution in [-0.4, -0.2) is 79.1 Å². The van der Waals surface area contributed by atoms with Crippen molar-refractivity contribution in [3.8, 4) is 11.9 Å². The lowest BCUT2D eigenvalue weighted by Crippen LogP contribution is -2.50. The van der Waals surface area contributed by atoms with Crippen molar-refractivity contribution in [1.82, 2.24) is 19.8 Å². The summed E-state index contributed by atoms with van der Waals surface area (Å²) in [5.74, 6) is 1.25. The molecule has 0 N–H and O–H groups in total. The Morgan fingerprint density at radius 2 is 2.17 bits per heavy atom. The van der Waals surface area contributed by atoms with E-state index in [0.717, 1.165) is 26.2 Å². The highest BCUT2D eigenvalue weighted by Crippen LogP contribution is 2.14. The summed E-state index contributed by atoms with van der Waals surface area (Å²) < 4.78 is 5.12. The van der Waals surface area contributed by atoms with E-state index in [1.165, 1.54) is 0 Å². The monoisotopic (exact) mass is 318 g/mol. The van der Waals surface area contributed by atoms with Crippen molar-refractivity contribution in [2.75, 3.05) is 58.3 Å².